The molecule has 0 saturated carbocycles. The van der Waals surface area contributed by atoms with Gasteiger partial charge >= 0.3 is 5.97 Å². The van der Waals surface area contributed by atoms with Gasteiger partial charge in [0, 0.05) is 6.42 Å². The fraction of sp³-hybridized carbons (Fsp3) is 0.912. The number of rotatable bonds is 29. The van der Waals surface area contributed by atoms with Crippen molar-refractivity contribution in [2.45, 2.75) is 193 Å². The third-order valence-electron chi connectivity index (χ3n) is 7.55. The van der Waals surface area contributed by atoms with Gasteiger partial charge in [-0.1, -0.05) is 142 Å². The number of carbonyl (C=O) groups is 1. The van der Waals surface area contributed by atoms with Crippen molar-refractivity contribution in [2.75, 3.05) is 6.61 Å². The Hall–Kier alpha value is -0.950. The minimum atomic E-state index is -1.02. The normalized spacial score (nSPS) is 13.7. The van der Waals surface area contributed by atoms with E-state index in [1.165, 1.54) is 122 Å². The summed E-state index contributed by atoms with van der Waals surface area (Å²) in [6, 6.07) is -0.743. The van der Waals surface area contributed by atoms with Crippen molar-refractivity contribution in [3.63, 3.8) is 0 Å². The first kappa shape index (κ1) is 41.2. The zero-order chi connectivity index (χ0) is 30.1. The summed E-state index contributed by atoms with van der Waals surface area (Å²) in [6.07, 6.45) is 32.4. The average molecular weight is 572 g/mol. The van der Waals surface area contributed by atoms with Crippen LogP contribution in [-0.4, -0.2) is 51.3 Å². The minimum Gasteiger partial charge on any atom is -0.481 e. The molecule has 6 nitrogen and oxygen atoms in total. The second kappa shape index (κ2) is 34.3. The lowest BCUT2D eigenvalue weighted by Gasteiger charge is -2.22. The Morgan fingerprint density at radius 3 is 1.43 bits per heavy atom. The van der Waals surface area contributed by atoms with Gasteiger partial charge < -0.3 is 26.2 Å². The molecule has 0 heterocycles. The summed E-state index contributed by atoms with van der Waals surface area (Å²) < 4.78 is 0. The highest BCUT2D eigenvalue weighted by molar-refractivity contribution is 5.66. The number of unbranched alkanes of at least 4 members (excludes halogenated alkanes) is 20. The van der Waals surface area contributed by atoms with E-state index in [1.807, 2.05) is 0 Å². The molecule has 6 heteroatoms. The molecular weight excluding hydrogens is 502 g/mol. The first-order valence-electron chi connectivity index (χ1n) is 17.0. The first-order valence-corrected chi connectivity index (χ1v) is 17.0. The molecule has 0 bridgehead atoms. The van der Waals surface area contributed by atoms with Gasteiger partial charge in [0.2, 0.25) is 0 Å². The van der Waals surface area contributed by atoms with E-state index in [-0.39, 0.29) is 6.61 Å². The van der Waals surface area contributed by atoms with Gasteiger partial charge in [-0.15, -0.1) is 0 Å². The molecule has 0 saturated heterocycles. The van der Waals surface area contributed by atoms with Gasteiger partial charge in [0.15, 0.2) is 0 Å². The number of carboxylic acid groups (broad SMARTS) is 1. The SMILES string of the molecule is CCCCCC/C=C\CCCCCCCC(=O)O.CCCCCCCCCCCCCCC(O)C(O)C(N)CO. The van der Waals surface area contributed by atoms with E-state index in [2.05, 4.69) is 26.0 Å². The van der Waals surface area contributed by atoms with Crippen molar-refractivity contribution < 1.29 is 25.2 Å². The lowest BCUT2D eigenvalue weighted by Crippen LogP contribution is -2.45. The van der Waals surface area contributed by atoms with Crippen LogP contribution in [0.1, 0.15) is 174 Å². The number of aliphatic hydroxyl groups excluding tert-OH is 3. The number of nitrogens with two attached hydrogens (primary N) is 1. The topological polar surface area (TPSA) is 124 Å². The Labute approximate surface area is 248 Å². The number of aliphatic carboxylic acids is 1. The number of hydrogen-bond donors (Lipinski definition) is 5. The van der Waals surface area contributed by atoms with E-state index >= 15 is 0 Å². The van der Waals surface area contributed by atoms with Crippen molar-refractivity contribution in [3.05, 3.63) is 12.2 Å². The van der Waals surface area contributed by atoms with Gasteiger partial charge in [-0.2, -0.15) is 0 Å². The van der Waals surface area contributed by atoms with Crippen LogP contribution in [0.5, 0.6) is 0 Å². The van der Waals surface area contributed by atoms with Crippen LogP contribution in [0.4, 0.5) is 0 Å². The Morgan fingerprint density at radius 1 is 0.625 bits per heavy atom. The van der Waals surface area contributed by atoms with Gasteiger partial charge in [-0.05, 0) is 38.5 Å². The van der Waals surface area contributed by atoms with Crippen molar-refractivity contribution >= 4 is 5.97 Å². The third kappa shape index (κ3) is 33.3. The zero-order valence-corrected chi connectivity index (χ0v) is 26.5. The van der Waals surface area contributed by atoms with E-state index in [0.29, 0.717) is 12.8 Å². The van der Waals surface area contributed by atoms with Gasteiger partial charge in [0.1, 0.15) is 0 Å². The standard InChI is InChI=1S/C18H39NO3.C16H30O2/c1-2-3-4-5-6-7-8-9-10-11-12-13-14-17(21)18(22)16(19)15-20;1-2-3-4-5-6-7-8-9-10-11-12-13-14-15-16(17)18/h16-18,20-22H,2-15,19H2,1H3;7-8H,2-6,9-15H2,1H3,(H,17,18)/b;8-7-. The lowest BCUT2D eigenvalue weighted by atomic mass is 10.00. The maximum atomic E-state index is 10.3. The average Bonchev–Trinajstić information content (AvgIpc) is 2.95. The van der Waals surface area contributed by atoms with Crippen molar-refractivity contribution in [1.82, 2.24) is 0 Å². The summed E-state index contributed by atoms with van der Waals surface area (Å²) >= 11 is 0. The Bertz CT molecular complexity index is 528. The highest BCUT2D eigenvalue weighted by atomic mass is 16.4. The van der Waals surface area contributed by atoms with Crippen LogP contribution >= 0.6 is 0 Å². The monoisotopic (exact) mass is 572 g/mol. The molecule has 0 aromatic rings. The van der Waals surface area contributed by atoms with E-state index in [9.17, 15) is 15.0 Å². The first-order chi connectivity index (χ1) is 19.4. The predicted molar refractivity (Wildman–Crippen MR) is 171 cm³/mol. The van der Waals surface area contributed by atoms with Gasteiger partial charge in [0.05, 0.1) is 24.9 Å². The molecule has 0 amide bonds. The molecule has 3 atom stereocenters. The number of aliphatic hydroxyl groups is 3. The molecular formula is C34H69NO5. The molecule has 0 radical (unpaired) electrons. The van der Waals surface area contributed by atoms with Gasteiger partial charge in [-0.3, -0.25) is 4.79 Å². The second-order valence-corrected chi connectivity index (χ2v) is 11.6. The molecule has 0 aromatic carbocycles. The summed E-state index contributed by atoms with van der Waals surface area (Å²) in [7, 11) is 0. The summed E-state index contributed by atoms with van der Waals surface area (Å²) in [5, 5.41) is 36.7. The molecule has 3 unspecified atom stereocenters. The molecule has 40 heavy (non-hydrogen) atoms. The van der Waals surface area contributed by atoms with Crippen LogP contribution in [0.15, 0.2) is 12.2 Å². The maximum absolute atomic E-state index is 10.3. The Kier molecular flexibility index (Phi) is 35.3. The highest BCUT2D eigenvalue weighted by Gasteiger charge is 2.22. The van der Waals surface area contributed by atoms with E-state index in [1.54, 1.807) is 0 Å². The number of carboxylic acids is 1. The van der Waals surface area contributed by atoms with E-state index in [4.69, 9.17) is 15.9 Å². The van der Waals surface area contributed by atoms with Crippen LogP contribution in [0, 0.1) is 0 Å². The van der Waals surface area contributed by atoms with Crippen molar-refractivity contribution in [2.24, 2.45) is 5.73 Å². The molecule has 0 aromatic heterocycles. The van der Waals surface area contributed by atoms with Crippen LogP contribution in [0.2, 0.25) is 0 Å². The fourth-order valence-corrected chi connectivity index (χ4v) is 4.75. The third-order valence-corrected chi connectivity index (χ3v) is 7.55. The maximum Gasteiger partial charge on any atom is 0.303 e. The fourth-order valence-electron chi connectivity index (χ4n) is 4.75. The number of hydrogen-bond acceptors (Lipinski definition) is 5. The lowest BCUT2D eigenvalue weighted by molar-refractivity contribution is -0.137. The number of allylic oxidation sites excluding steroid dienone is 2. The molecule has 0 spiro atoms. The van der Waals surface area contributed by atoms with Crippen LogP contribution in [0.25, 0.3) is 0 Å². The summed E-state index contributed by atoms with van der Waals surface area (Å²) in [5.74, 6) is -0.666. The highest BCUT2D eigenvalue weighted by Crippen LogP contribution is 2.14. The molecule has 0 aliphatic heterocycles. The van der Waals surface area contributed by atoms with E-state index < -0.39 is 24.2 Å². The largest absolute Gasteiger partial charge is 0.481 e. The second-order valence-electron chi connectivity index (χ2n) is 11.6. The van der Waals surface area contributed by atoms with Crippen molar-refractivity contribution in [1.29, 1.82) is 0 Å². The van der Waals surface area contributed by atoms with Crippen LogP contribution in [-0.2, 0) is 4.79 Å². The van der Waals surface area contributed by atoms with Gasteiger partial charge in [-0.25, -0.2) is 0 Å². The zero-order valence-electron chi connectivity index (χ0n) is 26.5. The molecule has 0 aliphatic rings. The molecule has 240 valence electrons. The van der Waals surface area contributed by atoms with Crippen molar-refractivity contribution in [3.8, 4) is 0 Å². The molecule has 0 aliphatic carbocycles. The van der Waals surface area contributed by atoms with Crippen LogP contribution < -0.4 is 5.73 Å². The molecule has 0 fully saturated rings. The molecule has 6 N–H and O–H groups in total. The minimum absolute atomic E-state index is 0.295. The van der Waals surface area contributed by atoms with E-state index in [0.717, 1.165) is 25.7 Å². The Balaban J connectivity index is 0. The quantitative estimate of drug-likeness (QED) is 0.0453. The predicted octanol–water partition coefficient (Wildman–Crippen LogP) is 8.45. The smallest absolute Gasteiger partial charge is 0.303 e. The van der Waals surface area contributed by atoms with Crippen LogP contribution in [0.3, 0.4) is 0 Å². The summed E-state index contributed by atoms with van der Waals surface area (Å²) in [4.78, 5) is 10.3. The Morgan fingerprint density at radius 2 is 1.00 bits per heavy atom. The van der Waals surface area contributed by atoms with Gasteiger partial charge in [0.25, 0.3) is 0 Å². The summed E-state index contributed by atoms with van der Waals surface area (Å²) in [6.45, 7) is 4.20. The molecule has 0 rings (SSSR count). The summed E-state index contributed by atoms with van der Waals surface area (Å²) in [5.41, 5.74) is 5.49.